The summed E-state index contributed by atoms with van der Waals surface area (Å²) >= 11 is 0. The van der Waals surface area contributed by atoms with E-state index in [1.807, 2.05) is 0 Å². The molecule has 1 saturated heterocycles. The van der Waals surface area contributed by atoms with Crippen LogP contribution in [0.1, 0.15) is 31.2 Å². The Morgan fingerprint density at radius 3 is 2.37 bits per heavy atom. The Balaban J connectivity index is 1.54. The number of hydrogen-bond donors (Lipinski definition) is 0. The lowest BCUT2D eigenvalue weighted by Gasteiger charge is -2.32. The molecule has 3 heterocycles. The molecule has 1 fully saturated rings. The zero-order valence-electron chi connectivity index (χ0n) is 19.8. The van der Waals surface area contributed by atoms with E-state index in [1.165, 1.54) is 13.0 Å². The number of aromatic nitrogens is 2. The van der Waals surface area contributed by atoms with Gasteiger partial charge in [0.1, 0.15) is 23.5 Å². The van der Waals surface area contributed by atoms with E-state index in [4.69, 9.17) is 0 Å². The molecule has 0 bridgehead atoms. The van der Waals surface area contributed by atoms with Crippen molar-refractivity contribution in [3.8, 4) is 11.1 Å². The molecule has 3 aromatic rings. The van der Waals surface area contributed by atoms with Crippen LogP contribution in [0.25, 0.3) is 11.1 Å². The Bertz CT molecular complexity index is 1450. The van der Waals surface area contributed by atoms with E-state index in [2.05, 4.69) is 9.97 Å². The van der Waals surface area contributed by atoms with Gasteiger partial charge in [0, 0.05) is 42.4 Å². The lowest BCUT2D eigenvalue weighted by molar-refractivity contribution is -0.141. The van der Waals surface area contributed by atoms with Crippen LogP contribution in [-0.2, 0) is 27.4 Å². The van der Waals surface area contributed by atoms with Gasteiger partial charge in [-0.15, -0.1) is 0 Å². The predicted octanol–water partition coefficient (Wildman–Crippen LogP) is 5.13. The number of benzene rings is 1. The summed E-state index contributed by atoms with van der Waals surface area (Å²) in [6.45, 7) is 0.759. The van der Waals surface area contributed by atoms with Gasteiger partial charge < -0.3 is 0 Å². The monoisotopic (exact) mass is 557 g/mol. The summed E-state index contributed by atoms with van der Waals surface area (Å²) in [6, 6.07) is 6.97. The molecule has 1 aliphatic rings. The molecule has 13 heteroatoms. The quantitative estimate of drug-likeness (QED) is 0.376. The zero-order valence-corrected chi connectivity index (χ0v) is 20.7. The van der Waals surface area contributed by atoms with E-state index in [-0.39, 0.29) is 41.0 Å². The van der Waals surface area contributed by atoms with Crippen molar-refractivity contribution in [3.63, 3.8) is 0 Å². The molecule has 0 N–H and O–H groups in total. The molecule has 0 spiro atoms. The number of alkyl halides is 4. The average molecular weight is 558 g/mol. The molecule has 1 aliphatic heterocycles. The van der Waals surface area contributed by atoms with Gasteiger partial charge >= 0.3 is 6.18 Å². The first-order valence-electron chi connectivity index (χ1n) is 11.4. The van der Waals surface area contributed by atoms with Gasteiger partial charge in [0.05, 0.1) is 16.6 Å². The first-order chi connectivity index (χ1) is 17.7. The second kappa shape index (κ2) is 10.1. The molecular formula is C25H21F6N3O3S. The van der Waals surface area contributed by atoms with E-state index < -0.39 is 57.6 Å². The second-order valence-electron chi connectivity index (χ2n) is 9.07. The van der Waals surface area contributed by atoms with Crippen LogP contribution in [0, 0.1) is 11.6 Å². The lowest BCUT2D eigenvalue weighted by Crippen LogP contribution is -2.50. The maximum Gasteiger partial charge on any atom is 0.433 e. The highest BCUT2D eigenvalue weighted by atomic mass is 32.2. The number of rotatable bonds is 7. The van der Waals surface area contributed by atoms with Gasteiger partial charge in [-0.25, -0.2) is 21.6 Å². The summed E-state index contributed by atoms with van der Waals surface area (Å²) in [7, 11) is -4.33. The highest BCUT2D eigenvalue weighted by Gasteiger charge is 2.52. The van der Waals surface area contributed by atoms with Crippen molar-refractivity contribution in [2.45, 2.75) is 49.0 Å². The van der Waals surface area contributed by atoms with Gasteiger partial charge in [-0.05, 0) is 49.7 Å². The molecule has 0 radical (unpaired) electrons. The normalized spacial score (nSPS) is 20.6. The van der Waals surface area contributed by atoms with Crippen LogP contribution < -0.4 is 0 Å². The average Bonchev–Trinajstić information content (AvgIpc) is 3.19. The molecule has 1 aromatic carbocycles. The second-order valence-corrected chi connectivity index (χ2v) is 10.9. The van der Waals surface area contributed by atoms with Gasteiger partial charge in [0.2, 0.25) is 10.0 Å². The molecule has 0 unspecified atom stereocenters. The third-order valence-corrected chi connectivity index (χ3v) is 8.42. The summed E-state index contributed by atoms with van der Waals surface area (Å²) in [5.74, 6) is -2.08. The van der Waals surface area contributed by atoms with Gasteiger partial charge in [-0.1, -0.05) is 6.07 Å². The van der Waals surface area contributed by atoms with Crippen LogP contribution >= 0.6 is 0 Å². The fraction of sp³-hybridized carbons (Fsp3) is 0.320. The van der Waals surface area contributed by atoms with Crippen LogP contribution in [-0.4, -0.2) is 46.7 Å². The van der Waals surface area contributed by atoms with Crippen molar-refractivity contribution in [3.05, 3.63) is 77.9 Å². The Kier molecular flexibility index (Phi) is 7.36. The number of sulfonamides is 1. The first kappa shape index (κ1) is 27.7. The molecule has 38 heavy (non-hydrogen) atoms. The standard InChI is InChI=1S/C25H21F6N3O3S/c1-24(11-17(27)14-34(24)38(36,37)19-6-3-16(26)4-7-19)23(35)9-5-18-10-20(21(28)13-32-18)15-2-8-22(33-12-15)25(29,30)31/h2-4,6-8,10,12-13,17H,5,9,11,14H2,1H3/t17-,24+/m1/s1. The molecule has 0 aliphatic carbocycles. The highest BCUT2D eigenvalue weighted by molar-refractivity contribution is 7.89. The molecule has 202 valence electrons. The fourth-order valence-electron chi connectivity index (χ4n) is 4.40. The number of ketones is 1. The molecule has 6 nitrogen and oxygen atoms in total. The van der Waals surface area contributed by atoms with Crippen LogP contribution in [0.2, 0.25) is 0 Å². The van der Waals surface area contributed by atoms with Crippen molar-refractivity contribution >= 4 is 15.8 Å². The van der Waals surface area contributed by atoms with Crippen LogP contribution in [0.3, 0.4) is 0 Å². The van der Waals surface area contributed by atoms with Crippen LogP contribution in [0.15, 0.2) is 59.8 Å². The van der Waals surface area contributed by atoms with E-state index in [9.17, 15) is 39.6 Å². The van der Waals surface area contributed by atoms with Crippen molar-refractivity contribution in [2.75, 3.05) is 6.54 Å². The number of carbonyl (C=O) groups excluding carboxylic acids is 1. The number of pyridine rings is 2. The number of Topliss-reactive ketones (excluding diaryl/α,β-unsaturated/α-hetero) is 1. The number of hydrogen-bond acceptors (Lipinski definition) is 5. The Morgan fingerprint density at radius 1 is 1.08 bits per heavy atom. The van der Waals surface area contributed by atoms with Crippen molar-refractivity contribution in [2.24, 2.45) is 0 Å². The van der Waals surface area contributed by atoms with Crippen molar-refractivity contribution in [1.82, 2.24) is 14.3 Å². The van der Waals surface area contributed by atoms with Gasteiger partial charge in [-0.2, -0.15) is 17.5 Å². The fourth-order valence-corrected chi connectivity index (χ4v) is 6.20. The summed E-state index contributed by atoms with van der Waals surface area (Å²) in [4.78, 5) is 20.2. The SMILES string of the molecule is C[C@@]1(C(=O)CCc2cc(-c3ccc(C(F)(F)F)nc3)c(F)cn2)C[C@@H](F)CN1S(=O)(=O)c1ccc(F)cc1. The molecule has 2 aromatic heterocycles. The summed E-state index contributed by atoms with van der Waals surface area (Å²) in [5, 5.41) is 0. The number of nitrogens with zero attached hydrogens (tertiary/aromatic N) is 3. The molecule has 4 rings (SSSR count). The van der Waals surface area contributed by atoms with Crippen LogP contribution in [0.5, 0.6) is 0 Å². The minimum Gasteiger partial charge on any atom is -0.298 e. The maximum absolute atomic E-state index is 14.4. The summed E-state index contributed by atoms with van der Waals surface area (Å²) in [6.07, 6.45) is -5.28. The first-order valence-corrected chi connectivity index (χ1v) is 12.8. The molecule has 0 saturated carbocycles. The number of aryl methyl sites for hydroxylation is 1. The van der Waals surface area contributed by atoms with Crippen molar-refractivity contribution in [1.29, 1.82) is 0 Å². The lowest BCUT2D eigenvalue weighted by atomic mass is 9.90. The maximum atomic E-state index is 14.4. The van der Waals surface area contributed by atoms with E-state index >= 15 is 0 Å². The summed E-state index contributed by atoms with van der Waals surface area (Å²) in [5.41, 5.74) is -2.68. The summed E-state index contributed by atoms with van der Waals surface area (Å²) < 4.78 is 108. The largest absolute Gasteiger partial charge is 0.433 e. The Labute approximate surface area is 214 Å². The topological polar surface area (TPSA) is 80.2 Å². The molecular weight excluding hydrogens is 536 g/mol. The van der Waals surface area contributed by atoms with Crippen LogP contribution in [0.4, 0.5) is 26.3 Å². The van der Waals surface area contributed by atoms with Crippen molar-refractivity contribution < 1.29 is 39.6 Å². The number of carbonyl (C=O) groups is 1. The molecule has 0 amide bonds. The van der Waals surface area contributed by atoms with E-state index in [0.29, 0.717) is 6.07 Å². The van der Waals surface area contributed by atoms with E-state index in [0.717, 1.165) is 47.0 Å². The van der Waals surface area contributed by atoms with E-state index in [1.54, 1.807) is 0 Å². The third kappa shape index (κ3) is 5.44. The number of halogens is 6. The zero-order chi connectivity index (χ0) is 27.9. The van der Waals surface area contributed by atoms with Gasteiger partial charge in [-0.3, -0.25) is 14.8 Å². The minimum absolute atomic E-state index is 0.0602. The Morgan fingerprint density at radius 2 is 1.76 bits per heavy atom. The van der Waals surface area contributed by atoms with Gasteiger partial charge in [0.15, 0.2) is 5.78 Å². The molecule has 2 atom stereocenters. The highest BCUT2D eigenvalue weighted by Crippen LogP contribution is 2.38. The predicted molar refractivity (Wildman–Crippen MR) is 124 cm³/mol. The Hall–Kier alpha value is -3.32. The smallest absolute Gasteiger partial charge is 0.298 e. The minimum atomic E-state index is -4.66. The third-order valence-electron chi connectivity index (χ3n) is 6.42. The van der Waals surface area contributed by atoms with Gasteiger partial charge in [0.25, 0.3) is 0 Å².